The summed E-state index contributed by atoms with van der Waals surface area (Å²) in [5, 5.41) is 0.662. The molecule has 0 unspecified atom stereocenters. The molecular weight excluding hydrogens is 398 g/mol. The molecule has 6 nitrogen and oxygen atoms in total. The molecule has 2 saturated heterocycles. The van der Waals surface area contributed by atoms with Gasteiger partial charge in [-0.05, 0) is 37.7 Å². The van der Waals surface area contributed by atoms with Gasteiger partial charge in [0.2, 0.25) is 17.7 Å². The predicted molar refractivity (Wildman–Crippen MR) is 115 cm³/mol. The Balaban J connectivity index is 1.34. The van der Waals surface area contributed by atoms with Crippen LogP contribution in [-0.2, 0) is 20.9 Å². The second kappa shape index (κ2) is 7.08. The number of carbonyl (C=O) groups is 3. The lowest BCUT2D eigenvalue weighted by Gasteiger charge is -2.31. The zero-order chi connectivity index (χ0) is 21.0. The fourth-order valence-electron chi connectivity index (χ4n) is 5.26. The van der Waals surface area contributed by atoms with Gasteiger partial charge in [0.25, 0.3) is 0 Å². The Bertz CT molecular complexity index is 941. The summed E-state index contributed by atoms with van der Waals surface area (Å²) in [4.78, 5) is 46.8. The molecule has 4 atom stereocenters. The van der Waals surface area contributed by atoms with Gasteiger partial charge >= 0.3 is 0 Å². The van der Waals surface area contributed by atoms with E-state index in [9.17, 15) is 14.4 Å². The van der Waals surface area contributed by atoms with E-state index in [1.807, 2.05) is 44.2 Å². The smallest absolute Gasteiger partial charge is 0.249 e. The normalized spacial score (nSPS) is 32.5. The summed E-state index contributed by atoms with van der Waals surface area (Å²) in [6.45, 7) is 4.28. The minimum Gasteiger partial charge on any atom is -0.283 e. The third-order valence-electron chi connectivity index (χ3n) is 6.70. The van der Waals surface area contributed by atoms with E-state index in [4.69, 9.17) is 0 Å². The van der Waals surface area contributed by atoms with Crippen molar-refractivity contribution in [1.82, 2.24) is 9.80 Å². The summed E-state index contributed by atoms with van der Waals surface area (Å²) in [5.74, 6) is -0.103. The van der Waals surface area contributed by atoms with Crippen LogP contribution in [0.25, 0.3) is 0 Å². The van der Waals surface area contributed by atoms with E-state index in [-0.39, 0.29) is 47.9 Å². The highest BCUT2D eigenvalue weighted by atomic mass is 32.2. The van der Waals surface area contributed by atoms with Gasteiger partial charge in [-0.3, -0.25) is 29.2 Å². The molecule has 2 aliphatic carbocycles. The summed E-state index contributed by atoms with van der Waals surface area (Å²) in [7, 11) is 0. The van der Waals surface area contributed by atoms with E-state index in [0.717, 1.165) is 17.7 Å². The van der Waals surface area contributed by atoms with Crippen molar-refractivity contribution in [3.63, 3.8) is 0 Å². The number of rotatable bonds is 4. The zero-order valence-electron chi connectivity index (χ0n) is 17.2. The first kappa shape index (κ1) is 19.5. The fourth-order valence-corrected chi connectivity index (χ4v) is 6.50. The first-order valence-electron chi connectivity index (χ1n) is 10.4. The predicted octanol–water partition coefficient (Wildman–Crippen LogP) is 2.70. The lowest BCUT2D eigenvalue weighted by molar-refractivity contribution is -0.146. The number of benzene rings is 1. The van der Waals surface area contributed by atoms with Crippen molar-refractivity contribution in [3.05, 3.63) is 48.0 Å². The molecule has 1 aromatic rings. The number of aliphatic imine (C=N–C) groups is 1. The standard InChI is InChI=1S/C23H25N3O3S/c1-23(2)13-30-22(24-11-14-6-4-3-5-7-14)26(23)17(27)12-25-20(28)18-15-8-9-16(10-15)19(18)21(25)29/h3-9,15-16,18-19H,10-13H2,1-2H3/t15-,16-,18-,19+/m1/s1. The van der Waals surface area contributed by atoms with Crippen molar-refractivity contribution in [3.8, 4) is 0 Å². The highest BCUT2D eigenvalue weighted by molar-refractivity contribution is 8.14. The molecule has 3 amide bonds. The van der Waals surface area contributed by atoms with E-state index >= 15 is 0 Å². The topological polar surface area (TPSA) is 70.1 Å². The first-order valence-corrected chi connectivity index (χ1v) is 11.4. The molecule has 0 N–H and O–H groups in total. The molecule has 3 fully saturated rings. The maximum absolute atomic E-state index is 13.3. The van der Waals surface area contributed by atoms with Crippen molar-refractivity contribution in [2.45, 2.75) is 32.4 Å². The number of carbonyl (C=O) groups excluding carboxylic acids is 3. The Hall–Kier alpha value is -2.41. The Morgan fingerprint density at radius 1 is 1.10 bits per heavy atom. The van der Waals surface area contributed by atoms with E-state index < -0.39 is 5.54 Å². The quantitative estimate of drug-likeness (QED) is 0.552. The van der Waals surface area contributed by atoms with E-state index in [1.165, 1.54) is 4.90 Å². The second-order valence-electron chi connectivity index (χ2n) is 9.18. The van der Waals surface area contributed by atoms with Crippen molar-refractivity contribution in [1.29, 1.82) is 0 Å². The van der Waals surface area contributed by atoms with Gasteiger partial charge in [-0.25, -0.2) is 0 Å². The molecule has 4 aliphatic rings. The SMILES string of the molecule is CC1(C)CSC(=NCc2ccccc2)N1C(=O)CN1C(=O)[C@@H]2[C@H](C1=O)[C@@H]1C=C[C@@H]2C1. The number of amidine groups is 1. The number of likely N-dealkylation sites (tertiary alicyclic amines) is 1. The molecule has 2 aliphatic heterocycles. The number of imide groups is 1. The first-order chi connectivity index (χ1) is 14.4. The van der Waals surface area contributed by atoms with Crippen LogP contribution >= 0.6 is 11.8 Å². The number of thioether (sulfide) groups is 1. The maximum Gasteiger partial charge on any atom is 0.249 e. The molecule has 0 spiro atoms. The van der Waals surface area contributed by atoms with E-state index in [2.05, 4.69) is 17.1 Å². The monoisotopic (exact) mass is 423 g/mol. The Morgan fingerprint density at radius 2 is 1.73 bits per heavy atom. The Kier molecular flexibility index (Phi) is 4.61. The Labute approximate surface area is 180 Å². The van der Waals surface area contributed by atoms with Crippen molar-refractivity contribution in [2.75, 3.05) is 12.3 Å². The molecule has 0 aromatic heterocycles. The highest BCUT2D eigenvalue weighted by Gasteiger charge is 2.59. The van der Waals surface area contributed by atoms with Crippen LogP contribution in [0, 0.1) is 23.7 Å². The Morgan fingerprint density at radius 3 is 2.37 bits per heavy atom. The molecule has 0 radical (unpaired) electrons. The molecule has 30 heavy (non-hydrogen) atoms. The summed E-state index contributed by atoms with van der Waals surface area (Å²) in [6.07, 6.45) is 5.02. The van der Waals surface area contributed by atoms with Crippen LogP contribution in [-0.4, -0.2) is 50.5 Å². The third-order valence-corrected chi connectivity index (χ3v) is 8.12. The largest absolute Gasteiger partial charge is 0.283 e. The van der Waals surface area contributed by atoms with Gasteiger partial charge in [-0.2, -0.15) is 0 Å². The molecule has 7 heteroatoms. The van der Waals surface area contributed by atoms with Crippen LogP contribution in [0.15, 0.2) is 47.5 Å². The molecule has 1 aromatic carbocycles. The van der Waals surface area contributed by atoms with Crippen molar-refractivity contribution >= 4 is 34.7 Å². The molecule has 2 bridgehead atoms. The number of amides is 3. The summed E-state index contributed by atoms with van der Waals surface area (Å²) in [5.41, 5.74) is 0.655. The lowest BCUT2D eigenvalue weighted by Crippen LogP contribution is -2.51. The van der Waals surface area contributed by atoms with E-state index in [1.54, 1.807) is 16.7 Å². The lowest BCUT2D eigenvalue weighted by atomic mass is 9.85. The number of allylic oxidation sites excluding steroid dienone is 2. The fraction of sp³-hybridized carbons (Fsp3) is 0.478. The second-order valence-corrected chi connectivity index (χ2v) is 10.1. The van der Waals surface area contributed by atoms with Crippen LogP contribution in [0.5, 0.6) is 0 Å². The van der Waals surface area contributed by atoms with Gasteiger partial charge in [0.15, 0.2) is 5.17 Å². The molecule has 156 valence electrons. The third kappa shape index (κ3) is 3.02. The minimum atomic E-state index is -0.417. The van der Waals surface area contributed by atoms with Crippen LogP contribution in [0.4, 0.5) is 0 Å². The highest BCUT2D eigenvalue weighted by Crippen LogP contribution is 2.52. The minimum absolute atomic E-state index is 0.151. The average Bonchev–Trinajstić information content (AvgIpc) is 3.46. The van der Waals surface area contributed by atoms with Crippen molar-refractivity contribution in [2.24, 2.45) is 28.7 Å². The average molecular weight is 424 g/mol. The number of hydrogen-bond acceptors (Lipinski definition) is 5. The van der Waals surface area contributed by atoms with E-state index in [0.29, 0.717) is 11.7 Å². The van der Waals surface area contributed by atoms with Crippen LogP contribution < -0.4 is 0 Å². The van der Waals surface area contributed by atoms with Crippen LogP contribution in [0.1, 0.15) is 25.8 Å². The number of nitrogens with zero attached hydrogens (tertiary/aromatic N) is 3. The van der Waals surface area contributed by atoms with Gasteiger partial charge in [0.05, 0.1) is 23.9 Å². The summed E-state index contributed by atoms with van der Waals surface area (Å²) >= 11 is 1.55. The van der Waals surface area contributed by atoms with Crippen LogP contribution in [0.3, 0.4) is 0 Å². The summed E-state index contributed by atoms with van der Waals surface area (Å²) < 4.78 is 0. The molecule has 5 rings (SSSR count). The van der Waals surface area contributed by atoms with Gasteiger partial charge in [0, 0.05) is 5.75 Å². The number of fused-ring (bicyclic) bond motifs is 5. The van der Waals surface area contributed by atoms with Crippen molar-refractivity contribution < 1.29 is 14.4 Å². The van der Waals surface area contributed by atoms with Gasteiger partial charge in [-0.1, -0.05) is 54.2 Å². The molecular formula is C23H25N3O3S. The number of hydrogen-bond donors (Lipinski definition) is 0. The van der Waals surface area contributed by atoms with Gasteiger partial charge in [-0.15, -0.1) is 0 Å². The van der Waals surface area contributed by atoms with Gasteiger partial charge < -0.3 is 0 Å². The maximum atomic E-state index is 13.3. The molecule has 1 saturated carbocycles. The zero-order valence-corrected chi connectivity index (χ0v) is 18.0. The van der Waals surface area contributed by atoms with Crippen LogP contribution in [0.2, 0.25) is 0 Å². The summed E-state index contributed by atoms with van der Waals surface area (Å²) in [6, 6.07) is 9.90. The van der Waals surface area contributed by atoms with Gasteiger partial charge in [0.1, 0.15) is 6.54 Å². The molecule has 2 heterocycles.